The molecular formula is C39H26N4. The lowest BCUT2D eigenvalue weighted by Crippen LogP contribution is -2.31. The predicted molar refractivity (Wildman–Crippen MR) is 177 cm³/mol. The number of nitrogens with zero attached hydrogens (tertiary/aromatic N) is 4. The Labute approximate surface area is 247 Å². The maximum Gasteiger partial charge on any atom is 0.238 e. The molecule has 202 valence electrons. The standard InChI is InChI=1S/C39H26N4/c1-3-12-27(13-4-1)37-40-38(28-14-5-2-6-15-28)42-39(41-37)43-34-18-10-9-17-31(34)33-24-21-26-20-22-30-29-16-8-7-11-25(29)19-23-32(30)35(26)36(33)43/h1-8,11-24H,9-10H2. The molecule has 4 nitrogen and oxygen atoms in total. The van der Waals surface area contributed by atoms with E-state index in [9.17, 15) is 0 Å². The summed E-state index contributed by atoms with van der Waals surface area (Å²) in [6, 6.07) is 42.6. The van der Waals surface area contributed by atoms with Crippen molar-refractivity contribution in [3.63, 3.8) is 0 Å². The second-order valence-corrected chi connectivity index (χ2v) is 11.1. The molecule has 6 aromatic carbocycles. The van der Waals surface area contributed by atoms with E-state index < -0.39 is 0 Å². The number of rotatable bonds is 3. The van der Waals surface area contributed by atoms with Crippen LogP contribution in [0.2, 0.25) is 0 Å². The summed E-state index contributed by atoms with van der Waals surface area (Å²) in [5, 5.41) is 11.0. The summed E-state index contributed by atoms with van der Waals surface area (Å²) in [4.78, 5) is 15.3. The smallest absolute Gasteiger partial charge is 0.238 e. The van der Waals surface area contributed by atoms with Crippen LogP contribution in [0.1, 0.15) is 12.8 Å². The molecule has 0 aliphatic heterocycles. The Morgan fingerprint density at radius 1 is 0.465 bits per heavy atom. The monoisotopic (exact) mass is 550 g/mol. The lowest BCUT2D eigenvalue weighted by Gasteiger charge is -2.13. The third kappa shape index (κ3) is 3.73. The number of hydrogen-bond donors (Lipinski definition) is 0. The molecule has 0 N–H and O–H groups in total. The van der Waals surface area contributed by atoms with E-state index in [1.807, 2.05) is 36.4 Å². The van der Waals surface area contributed by atoms with Crippen molar-refractivity contribution in [3.05, 3.63) is 132 Å². The van der Waals surface area contributed by atoms with Crippen LogP contribution in [0, 0.1) is 0 Å². The predicted octanol–water partition coefficient (Wildman–Crippen LogP) is 7.96. The average Bonchev–Trinajstić information content (AvgIpc) is 3.43. The molecule has 0 atom stereocenters. The zero-order valence-electron chi connectivity index (χ0n) is 23.4. The second-order valence-electron chi connectivity index (χ2n) is 11.1. The first-order chi connectivity index (χ1) is 21.3. The van der Waals surface area contributed by atoms with Crippen molar-refractivity contribution < 1.29 is 0 Å². The molecule has 43 heavy (non-hydrogen) atoms. The van der Waals surface area contributed by atoms with Crippen molar-refractivity contribution in [2.45, 2.75) is 12.8 Å². The minimum Gasteiger partial charge on any atom is -0.277 e. The van der Waals surface area contributed by atoms with Gasteiger partial charge in [-0.25, -0.2) is 4.98 Å². The minimum absolute atomic E-state index is 0.635. The van der Waals surface area contributed by atoms with E-state index >= 15 is 0 Å². The Morgan fingerprint density at radius 3 is 1.81 bits per heavy atom. The van der Waals surface area contributed by atoms with Crippen molar-refractivity contribution >= 4 is 55.4 Å². The number of benzene rings is 6. The van der Waals surface area contributed by atoms with Crippen LogP contribution in [0.15, 0.2) is 121 Å². The Balaban J connectivity index is 1.46. The lowest BCUT2D eigenvalue weighted by atomic mass is 9.95. The highest BCUT2D eigenvalue weighted by atomic mass is 15.2. The molecule has 0 radical (unpaired) electrons. The van der Waals surface area contributed by atoms with E-state index in [-0.39, 0.29) is 0 Å². The van der Waals surface area contributed by atoms with Crippen molar-refractivity contribution in [3.8, 4) is 28.7 Å². The van der Waals surface area contributed by atoms with E-state index in [1.54, 1.807) is 0 Å². The van der Waals surface area contributed by atoms with Crippen molar-refractivity contribution in [1.82, 2.24) is 19.5 Å². The molecule has 9 rings (SSSR count). The summed E-state index contributed by atoms with van der Waals surface area (Å²) in [5.41, 5.74) is 3.07. The molecule has 4 heteroatoms. The maximum atomic E-state index is 5.17. The maximum absolute atomic E-state index is 5.17. The van der Waals surface area contributed by atoms with Gasteiger partial charge in [0.05, 0.1) is 10.9 Å². The molecular weight excluding hydrogens is 524 g/mol. The topological polar surface area (TPSA) is 43.6 Å². The van der Waals surface area contributed by atoms with Gasteiger partial charge in [0.1, 0.15) is 0 Å². The third-order valence-electron chi connectivity index (χ3n) is 8.65. The fourth-order valence-corrected chi connectivity index (χ4v) is 6.69. The quantitative estimate of drug-likeness (QED) is 0.210. The van der Waals surface area contributed by atoms with E-state index in [0.717, 1.165) is 34.8 Å². The molecule has 2 heterocycles. The lowest BCUT2D eigenvalue weighted by molar-refractivity contribution is 0.904. The molecule has 2 aromatic heterocycles. The summed E-state index contributed by atoms with van der Waals surface area (Å²) in [5.74, 6) is 1.96. The normalized spacial score (nSPS) is 12.8. The van der Waals surface area contributed by atoms with Gasteiger partial charge >= 0.3 is 0 Å². The molecule has 0 amide bonds. The molecule has 0 bridgehead atoms. The van der Waals surface area contributed by atoms with Crippen LogP contribution in [0.3, 0.4) is 0 Å². The third-order valence-corrected chi connectivity index (χ3v) is 8.65. The number of hydrogen-bond acceptors (Lipinski definition) is 3. The Bertz CT molecular complexity index is 2440. The number of aromatic nitrogens is 4. The van der Waals surface area contributed by atoms with Gasteiger partial charge in [-0.05, 0) is 39.8 Å². The molecule has 1 aliphatic carbocycles. The summed E-state index contributed by atoms with van der Waals surface area (Å²) in [6.07, 6.45) is 6.72. The van der Waals surface area contributed by atoms with Gasteiger partial charge in [0.25, 0.3) is 0 Å². The second kappa shape index (κ2) is 9.47. The van der Waals surface area contributed by atoms with Crippen LogP contribution in [-0.4, -0.2) is 19.5 Å². The van der Waals surface area contributed by atoms with Crippen LogP contribution < -0.4 is 10.6 Å². The molecule has 0 saturated carbocycles. The van der Waals surface area contributed by atoms with E-state index in [4.69, 9.17) is 15.0 Å². The summed E-state index contributed by atoms with van der Waals surface area (Å²) < 4.78 is 2.29. The van der Waals surface area contributed by atoms with Crippen LogP contribution in [0.5, 0.6) is 0 Å². The van der Waals surface area contributed by atoms with Crippen molar-refractivity contribution in [1.29, 1.82) is 0 Å². The summed E-state index contributed by atoms with van der Waals surface area (Å²) >= 11 is 0. The van der Waals surface area contributed by atoms with Gasteiger partial charge in [0, 0.05) is 27.1 Å². The van der Waals surface area contributed by atoms with Crippen LogP contribution >= 0.6 is 0 Å². The molecule has 0 saturated heterocycles. The van der Waals surface area contributed by atoms with Crippen LogP contribution in [0.4, 0.5) is 0 Å². The van der Waals surface area contributed by atoms with E-state index in [0.29, 0.717) is 17.6 Å². The van der Waals surface area contributed by atoms with E-state index in [1.165, 1.54) is 42.9 Å². The molecule has 8 aromatic rings. The molecule has 0 fully saturated rings. The SMILES string of the molecule is C1=c2c(n(-c3nc(-c4ccccc4)nc(-c4ccccc4)n3)c3c2ccc2ccc4c5ccccc5ccc4c23)=CCC1. The summed E-state index contributed by atoms with van der Waals surface area (Å²) in [6.45, 7) is 0. The van der Waals surface area contributed by atoms with E-state index in [2.05, 4.69) is 102 Å². The average molecular weight is 551 g/mol. The fraction of sp³-hybridized carbons (Fsp3) is 0.0513. The Morgan fingerprint density at radius 2 is 1.07 bits per heavy atom. The fourth-order valence-electron chi connectivity index (χ4n) is 6.69. The highest BCUT2D eigenvalue weighted by Crippen LogP contribution is 2.35. The van der Waals surface area contributed by atoms with Crippen molar-refractivity contribution in [2.75, 3.05) is 0 Å². The van der Waals surface area contributed by atoms with Gasteiger partial charge in [-0.2, -0.15) is 9.97 Å². The highest BCUT2D eigenvalue weighted by Gasteiger charge is 2.20. The van der Waals surface area contributed by atoms with Crippen LogP contribution in [-0.2, 0) is 0 Å². The van der Waals surface area contributed by atoms with Gasteiger partial charge < -0.3 is 0 Å². The zero-order chi connectivity index (χ0) is 28.3. The largest absolute Gasteiger partial charge is 0.277 e. The first kappa shape index (κ1) is 24.0. The molecule has 0 unspecified atom stereocenters. The Hall–Kier alpha value is -5.61. The Kier molecular flexibility index (Phi) is 5.29. The first-order valence-electron chi connectivity index (χ1n) is 14.8. The first-order valence-corrected chi connectivity index (χ1v) is 14.8. The zero-order valence-corrected chi connectivity index (χ0v) is 23.4. The van der Waals surface area contributed by atoms with Gasteiger partial charge in [-0.1, -0.05) is 133 Å². The summed E-state index contributed by atoms with van der Waals surface area (Å²) in [7, 11) is 0. The minimum atomic E-state index is 0.635. The van der Waals surface area contributed by atoms with Gasteiger partial charge in [-0.3, -0.25) is 4.57 Å². The van der Waals surface area contributed by atoms with Gasteiger partial charge in [0.2, 0.25) is 5.95 Å². The molecule has 1 aliphatic rings. The highest BCUT2D eigenvalue weighted by molar-refractivity contribution is 6.24. The van der Waals surface area contributed by atoms with Crippen molar-refractivity contribution in [2.24, 2.45) is 0 Å². The van der Waals surface area contributed by atoms with Gasteiger partial charge in [-0.15, -0.1) is 0 Å². The van der Waals surface area contributed by atoms with Crippen LogP contribution in [0.25, 0.3) is 84.1 Å². The number of fused-ring (bicyclic) bond motifs is 9. The van der Waals surface area contributed by atoms with Gasteiger partial charge in [0.15, 0.2) is 11.6 Å². The molecule has 0 spiro atoms.